The normalized spacial score (nSPS) is 34.1. The molecule has 0 aromatic heterocycles. The largest absolute Gasteiger partial charge is 0.457 e. The summed E-state index contributed by atoms with van der Waals surface area (Å²) in [5.41, 5.74) is -1.39. The van der Waals surface area contributed by atoms with E-state index in [1.165, 1.54) is 0 Å². The lowest BCUT2D eigenvalue weighted by molar-refractivity contribution is -0.208. The van der Waals surface area contributed by atoms with E-state index in [2.05, 4.69) is 0 Å². The molecular weight excluding hydrogens is 374 g/mol. The Balaban J connectivity index is 1.63. The van der Waals surface area contributed by atoms with Crippen molar-refractivity contribution in [1.29, 1.82) is 0 Å². The van der Waals surface area contributed by atoms with Crippen LogP contribution in [0.4, 0.5) is 8.78 Å². The number of halogens is 2. The molecular formula is C20H28F2O6. The average molecular weight is 402 g/mol. The van der Waals surface area contributed by atoms with Crippen LogP contribution in [0.2, 0.25) is 0 Å². The molecule has 0 amide bonds. The molecule has 0 spiro atoms. The highest BCUT2D eigenvalue weighted by molar-refractivity contribution is 5.81. The molecule has 4 fully saturated rings. The quantitative estimate of drug-likeness (QED) is 0.519. The van der Waals surface area contributed by atoms with Crippen molar-refractivity contribution in [3.63, 3.8) is 0 Å². The minimum absolute atomic E-state index is 0.133. The van der Waals surface area contributed by atoms with Gasteiger partial charge in [0.05, 0.1) is 5.41 Å². The van der Waals surface area contributed by atoms with Crippen LogP contribution in [0.25, 0.3) is 0 Å². The van der Waals surface area contributed by atoms with Crippen molar-refractivity contribution in [1.82, 2.24) is 0 Å². The molecule has 0 heterocycles. The van der Waals surface area contributed by atoms with Crippen LogP contribution in [0.15, 0.2) is 0 Å². The molecule has 28 heavy (non-hydrogen) atoms. The van der Waals surface area contributed by atoms with E-state index < -0.39 is 47.6 Å². The number of hydrogen-bond acceptors (Lipinski definition) is 6. The third kappa shape index (κ3) is 4.30. The van der Waals surface area contributed by atoms with E-state index in [-0.39, 0.29) is 17.8 Å². The number of carbonyl (C=O) groups is 3. The Morgan fingerprint density at radius 1 is 1.00 bits per heavy atom. The van der Waals surface area contributed by atoms with Crippen molar-refractivity contribution in [2.24, 2.45) is 23.2 Å². The second-order valence-corrected chi connectivity index (χ2v) is 9.67. The molecule has 0 saturated heterocycles. The third-order valence-corrected chi connectivity index (χ3v) is 5.96. The Kier molecular flexibility index (Phi) is 5.21. The van der Waals surface area contributed by atoms with E-state index in [1.807, 2.05) is 0 Å². The Hall–Kier alpha value is -1.73. The predicted octanol–water partition coefficient (Wildman–Crippen LogP) is 3.26. The zero-order valence-corrected chi connectivity index (χ0v) is 16.8. The smallest absolute Gasteiger partial charge is 0.376 e. The van der Waals surface area contributed by atoms with Crippen LogP contribution in [0.3, 0.4) is 0 Å². The number of ether oxygens (including phenoxy) is 3. The van der Waals surface area contributed by atoms with E-state index >= 15 is 0 Å². The van der Waals surface area contributed by atoms with Crippen LogP contribution in [0.5, 0.6) is 0 Å². The molecule has 8 heteroatoms. The van der Waals surface area contributed by atoms with Crippen molar-refractivity contribution in [2.75, 3.05) is 6.61 Å². The van der Waals surface area contributed by atoms with E-state index in [0.29, 0.717) is 26.2 Å². The van der Waals surface area contributed by atoms with Crippen LogP contribution < -0.4 is 0 Å². The fourth-order valence-electron chi connectivity index (χ4n) is 5.30. The lowest BCUT2D eigenvalue weighted by Gasteiger charge is -2.57. The lowest BCUT2D eigenvalue weighted by Crippen LogP contribution is -2.58. The molecule has 0 radical (unpaired) electrons. The van der Waals surface area contributed by atoms with Crippen LogP contribution in [-0.4, -0.2) is 42.1 Å². The molecule has 0 aromatic rings. The van der Waals surface area contributed by atoms with Gasteiger partial charge in [-0.25, -0.2) is 9.59 Å². The Bertz CT molecular complexity index is 647. The molecule has 4 aliphatic rings. The molecule has 2 unspecified atom stereocenters. The Morgan fingerprint density at radius 3 is 2.07 bits per heavy atom. The van der Waals surface area contributed by atoms with E-state index in [1.54, 1.807) is 20.8 Å². The summed E-state index contributed by atoms with van der Waals surface area (Å²) in [4.78, 5) is 36.3. The highest BCUT2D eigenvalue weighted by Crippen LogP contribution is 2.61. The van der Waals surface area contributed by atoms with Crippen LogP contribution >= 0.6 is 0 Å². The van der Waals surface area contributed by atoms with Crippen molar-refractivity contribution < 1.29 is 37.4 Å². The first-order chi connectivity index (χ1) is 12.8. The number of rotatable bonds is 5. The minimum Gasteiger partial charge on any atom is -0.457 e. The predicted molar refractivity (Wildman–Crippen MR) is 93.3 cm³/mol. The standard InChI is InChI=1S/C20H28F2O6/c1-18(2,3)28-14(23)10-26-17(25)20-7-11-5-12(8-20)15(13(6-11)9-20)27-16(24)19(4,21)22/h11-13,15H,5-10H2,1-4H3. The summed E-state index contributed by atoms with van der Waals surface area (Å²) in [6.07, 6.45) is 2.45. The van der Waals surface area contributed by atoms with Gasteiger partial charge < -0.3 is 14.2 Å². The van der Waals surface area contributed by atoms with Gasteiger partial charge in [-0.1, -0.05) is 0 Å². The monoisotopic (exact) mass is 402 g/mol. The maximum absolute atomic E-state index is 13.2. The molecule has 6 nitrogen and oxygen atoms in total. The maximum atomic E-state index is 13.2. The summed E-state index contributed by atoms with van der Waals surface area (Å²) in [6.45, 7) is 5.27. The molecule has 4 rings (SSSR count). The molecule has 4 bridgehead atoms. The summed E-state index contributed by atoms with van der Waals surface area (Å²) in [5, 5.41) is 0. The van der Waals surface area contributed by atoms with Crippen molar-refractivity contribution in [3.8, 4) is 0 Å². The first-order valence-corrected chi connectivity index (χ1v) is 9.77. The molecule has 0 aliphatic heterocycles. The maximum Gasteiger partial charge on any atom is 0.376 e. The highest BCUT2D eigenvalue weighted by atomic mass is 19.3. The zero-order chi connectivity index (χ0) is 20.9. The van der Waals surface area contributed by atoms with Gasteiger partial charge in [-0.15, -0.1) is 0 Å². The van der Waals surface area contributed by atoms with E-state index in [0.717, 1.165) is 12.8 Å². The van der Waals surface area contributed by atoms with Gasteiger partial charge in [0.15, 0.2) is 6.61 Å². The summed E-state index contributed by atoms with van der Waals surface area (Å²) in [7, 11) is 0. The lowest BCUT2D eigenvalue weighted by atomic mass is 9.48. The van der Waals surface area contributed by atoms with Gasteiger partial charge >= 0.3 is 23.8 Å². The summed E-state index contributed by atoms with van der Waals surface area (Å²) in [6, 6.07) is 0. The SMILES string of the molecule is CC(C)(C)OC(=O)COC(=O)C12CC3CC(C1)C(OC(=O)C(C)(F)F)C(C3)C2. The zero-order valence-electron chi connectivity index (χ0n) is 16.8. The fourth-order valence-corrected chi connectivity index (χ4v) is 5.30. The van der Waals surface area contributed by atoms with Crippen molar-refractivity contribution in [3.05, 3.63) is 0 Å². The molecule has 4 aliphatic carbocycles. The van der Waals surface area contributed by atoms with Crippen LogP contribution in [0, 0.1) is 23.2 Å². The van der Waals surface area contributed by atoms with Gasteiger partial charge in [0.1, 0.15) is 11.7 Å². The van der Waals surface area contributed by atoms with E-state index in [9.17, 15) is 23.2 Å². The topological polar surface area (TPSA) is 78.9 Å². The second-order valence-electron chi connectivity index (χ2n) is 9.67. The van der Waals surface area contributed by atoms with Gasteiger partial charge in [0.25, 0.3) is 0 Å². The van der Waals surface area contributed by atoms with Gasteiger partial charge in [-0.2, -0.15) is 8.78 Å². The number of esters is 3. The van der Waals surface area contributed by atoms with Crippen LogP contribution in [0.1, 0.15) is 59.8 Å². The molecule has 0 aromatic carbocycles. The molecule has 158 valence electrons. The number of alkyl halides is 2. The molecule has 2 atom stereocenters. The first kappa shape index (κ1) is 21.0. The van der Waals surface area contributed by atoms with Crippen molar-refractivity contribution >= 4 is 17.9 Å². The minimum atomic E-state index is -3.53. The molecule has 0 N–H and O–H groups in total. The van der Waals surface area contributed by atoms with Gasteiger partial charge in [-0.05, 0) is 70.6 Å². The Labute approximate surface area is 163 Å². The summed E-state index contributed by atoms with van der Waals surface area (Å²) in [5.74, 6) is -6.07. The first-order valence-electron chi connectivity index (χ1n) is 9.77. The molecule has 4 saturated carbocycles. The van der Waals surface area contributed by atoms with E-state index in [4.69, 9.17) is 14.2 Å². The third-order valence-electron chi connectivity index (χ3n) is 5.96. The van der Waals surface area contributed by atoms with Crippen molar-refractivity contribution in [2.45, 2.75) is 77.4 Å². The van der Waals surface area contributed by atoms with Gasteiger partial charge in [-0.3, -0.25) is 4.79 Å². The van der Waals surface area contributed by atoms with Crippen LogP contribution in [-0.2, 0) is 28.6 Å². The number of carbonyl (C=O) groups excluding carboxylic acids is 3. The average Bonchev–Trinajstić information content (AvgIpc) is 2.52. The van der Waals surface area contributed by atoms with Gasteiger partial charge in [0, 0.05) is 6.92 Å². The second kappa shape index (κ2) is 6.95. The fraction of sp³-hybridized carbons (Fsp3) is 0.850. The highest BCUT2D eigenvalue weighted by Gasteiger charge is 2.61. The summed E-state index contributed by atoms with van der Waals surface area (Å²) < 4.78 is 42.0. The Morgan fingerprint density at radius 2 is 1.57 bits per heavy atom. The summed E-state index contributed by atoms with van der Waals surface area (Å²) >= 11 is 0. The van der Waals surface area contributed by atoms with Gasteiger partial charge in [0.2, 0.25) is 0 Å². The number of hydrogen-bond donors (Lipinski definition) is 0.